The van der Waals surface area contributed by atoms with E-state index >= 15 is 0 Å². The number of rotatable bonds is 9. The van der Waals surface area contributed by atoms with Gasteiger partial charge in [0.25, 0.3) is 0 Å². The van der Waals surface area contributed by atoms with Gasteiger partial charge in [-0.2, -0.15) is 0 Å². The van der Waals surface area contributed by atoms with E-state index in [1.165, 1.54) is 38.5 Å². The van der Waals surface area contributed by atoms with Crippen LogP contribution < -0.4 is 0 Å². The van der Waals surface area contributed by atoms with Crippen molar-refractivity contribution in [3.63, 3.8) is 0 Å². The molecular weight excluding hydrogens is 314 g/mol. The second kappa shape index (κ2) is 17.8. The van der Waals surface area contributed by atoms with Crippen molar-refractivity contribution in [1.29, 1.82) is 0 Å². The van der Waals surface area contributed by atoms with Crippen LogP contribution in [0.3, 0.4) is 0 Å². The van der Waals surface area contributed by atoms with Gasteiger partial charge in [-0.15, -0.1) is 0 Å². The van der Waals surface area contributed by atoms with Crippen LogP contribution in [-0.4, -0.2) is 18.5 Å². The van der Waals surface area contributed by atoms with Gasteiger partial charge in [0.1, 0.15) is 0 Å². The van der Waals surface area contributed by atoms with Crippen molar-refractivity contribution in [3.05, 3.63) is 0 Å². The van der Waals surface area contributed by atoms with Gasteiger partial charge in [-0.25, -0.2) is 0 Å². The van der Waals surface area contributed by atoms with Crippen LogP contribution in [0.15, 0.2) is 0 Å². The molecule has 0 aliphatic heterocycles. The van der Waals surface area contributed by atoms with Gasteiger partial charge in [0.05, 0.1) is 18.5 Å². The molecule has 0 bridgehead atoms. The number of hydrogen-bond acceptors (Lipinski definition) is 0. The fourth-order valence-corrected chi connectivity index (χ4v) is 4.97. The zero-order valence-corrected chi connectivity index (χ0v) is 14.1. The van der Waals surface area contributed by atoms with Crippen LogP contribution in [0.25, 0.3) is 0 Å². The maximum absolute atomic E-state index is 3.69. The summed E-state index contributed by atoms with van der Waals surface area (Å²) in [6.07, 6.45) is 13.4. The Morgan fingerprint density at radius 2 is 1.00 bits per heavy atom. The molecule has 3 heteroatoms. The van der Waals surface area contributed by atoms with E-state index in [1.54, 1.807) is 18.5 Å². The molecule has 0 saturated carbocycles. The van der Waals surface area contributed by atoms with Crippen molar-refractivity contribution in [2.45, 2.75) is 59.3 Å². The Kier molecular flexibility index (Phi) is 22.2. The van der Waals surface area contributed by atoms with E-state index in [0.29, 0.717) is 0 Å². The van der Waals surface area contributed by atoms with Crippen LogP contribution in [-0.2, 0) is 13.7 Å². The van der Waals surface area contributed by atoms with Crippen molar-refractivity contribution >= 4 is 22.1 Å². The molecule has 0 amide bonds. The molecule has 0 N–H and O–H groups in total. The minimum absolute atomic E-state index is 0.0675. The van der Waals surface area contributed by atoms with Gasteiger partial charge in [0.15, 0.2) is 0 Å². The molecule has 0 nitrogen and oxygen atoms in total. The van der Waals surface area contributed by atoms with Crippen LogP contribution >= 0.6 is 22.1 Å². The Morgan fingerprint density at radius 1 is 0.733 bits per heavy atom. The molecule has 97 valence electrons. The van der Waals surface area contributed by atoms with Gasteiger partial charge >= 0.3 is 27.9 Å². The van der Waals surface area contributed by atoms with E-state index in [4.69, 9.17) is 0 Å². The van der Waals surface area contributed by atoms with Gasteiger partial charge in [-0.05, 0) is 19.3 Å². The third-order valence-corrected chi connectivity index (χ3v) is 5.83. The first kappa shape index (κ1) is 18.8. The van der Waals surface area contributed by atoms with Gasteiger partial charge < -0.3 is 0 Å². The number of hydrogen-bond donors (Lipinski definition) is 0. The zero-order chi connectivity index (χ0) is 11.9. The molecule has 0 aromatic rings. The second-order valence-electron chi connectivity index (χ2n) is 4.06. The summed E-state index contributed by atoms with van der Waals surface area (Å²) < 4.78 is 0. The number of unbranched alkanes of at least 4 members (excludes halogenated alkanes) is 3. The first-order valence-electron chi connectivity index (χ1n) is 6.30. The molecule has 0 aromatic carbocycles. The summed E-state index contributed by atoms with van der Waals surface area (Å²) in [7, 11) is 0.0675. The Labute approximate surface area is 113 Å². The molecular formula is C12H28BrNiP+. The van der Waals surface area contributed by atoms with Crippen LogP contribution in [0.5, 0.6) is 0 Å². The average molecular weight is 342 g/mol. The molecule has 0 radical (unpaired) electrons. The Morgan fingerprint density at radius 3 is 1.20 bits per heavy atom. The van der Waals surface area contributed by atoms with Crippen molar-refractivity contribution < 1.29 is 13.7 Å². The fraction of sp³-hybridized carbons (Fsp3) is 1.00. The zero-order valence-electron chi connectivity index (χ0n) is 10.6. The minimum atomic E-state index is 0.0675. The van der Waals surface area contributed by atoms with Crippen molar-refractivity contribution in [2.75, 3.05) is 18.5 Å². The normalized spacial score (nSPS) is 10.1. The molecule has 0 spiro atoms. The van der Waals surface area contributed by atoms with E-state index in [-0.39, 0.29) is 7.92 Å². The number of halogens is 1. The van der Waals surface area contributed by atoms with E-state index in [0.717, 1.165) is 0 Å². The summed E-state index contributed by atoms with van der Waals surface area (Å²) in [5.74, 6) is 0. The summed E-state index contributed by atoms with van der Waals surface area (Å²) in [5.41, 5.74) is 0. The monoisotopic (exact) mass is 340 g/mol. The third kappa shape index (κ3) is 15.4. The first-order chi connectivity index (χ1) is 7.35. The second-order valence-corrected chi connectivity index (χ2v) is 7.06. The SMILES string of the molecule is CCCC[PH+](CCCC)CCCC.[Ni][Br]. The molecule has 0 aromatic heterocycles. The molecule has 0 fully saturated rings. The predicted octanol–water partition coefficient (Wildman–Crippen LogP) is 5.44. The quantitative estimate of drug-likeness (QED) is 0.386. The third-order valence-electron chi connectivity index (χ3n) is 2.65. The van der Waals surface area contributed by atoms with Gasteiger partial charge in [0, 0.05) is 7.92 Å². The molecule has 0 aliphatic rings. The molecule has 15 heavy (non-hydrogen) atoms. The van der Waals surface area contributed by atoms with Crippen molar-refractivity contribution in [1.82, 2.24) is 0 Å². The fourth-order valence-electron chi connectivity index (χ4n) is 1.66. The first-order valence-corrected chi connectivity index (χ1v) is 10.9. The van der Waals surface area contributed by atoms with E-state index in [2.05, 4.69) is 48.7 Å². The van der Waals surface area contributed by atoms with Gasteiger partial charge in [0.2, 0.25) is 0 Å². The van der Waals surface area contributed by atoms with Gasteiger partial charge in [-0.3, -0.25) is 0 Å². The summed E-state index contributed by atoms with van der Waals surface area (Å²) in [4.78, 5) is 0. The molecule has 0 saturated heterocycles. The van der Waals surface area contributed by atoms with E-state index in [1.807, 2.05) is 0 Å². The Hall–Kier alpha value is 1.40. The average Bonchev–Trinajstić information content (AvgIpc) is 2.31. The summed E-state index contributed by atoms with van der Waals surface area (Å²) in [6.45, 7) is 6.96. The van der Waals surface area contributed by atoms with Crippen molar-refractivity contribution in [2.24, 2.45) is 0 Å². The summed E-state index contributed by atoms with van der Waals surface area (Å²) >= 11 is 6.25. The van der Waals surface area contributed by atoms with Gasteiger partial charge in [-0.1, -0.05) is 40.0 Å². The van der Waals surface area contributed by atoms with Crippen LogP contribution in [0.1, 0.15) is 59.3 Å². The standard InChI is InChI=1S/C12H27P.BrH.Ni/c1-4-7-10-13(11-8-5-2)12-9-6-3;;/h4-12H2,1-3H3;1H;/q;;+1. The topological polar surface area (TPSA) is 0 Å². The van der Waals surface area contributed by atoms with E-state index in [9.17, 15) is 0 Å². The molecule has 0 aliphatic carbocycles. The van der Waals surface area contributed by atoms with Crippen LogP contribution in [0.2, 0.25) is 0 Å². The Balaban J connectivity index is 0. The summed E-state index contributed by atoms with van der Waals surface area (Å²) in [5, 5.41) is 0. The maximum atomic E-state index is 3.69. The van der Waals surface area contributed by atoms with Crippen LogP contribution in [0, 0.1) is 0 Å². The summed E-state index contributed by atoms with van der Waals surface area (Å²) in [6, 6.07) is 0. The van der Waals surface area contributed by atoms with Crippen LogP contribution in [0.4, 0.5) is 0 Å². The molecule has 0 heterocycles. The van der Waals surface area contributed by atoms with Crippen molar-refractivity contribution in [3.8, 4) is 0 Å². The Bertz CT molecular complexity index is 82.6. The van der Waals surface area contributed by atoms with E-state index < -0.39 is 0 Å². The molecule has 0 unspecified atom stereocenters. The predicted molar refractivity (Wildman–Crippen MR) is 76.6 cm³/mol. The molecule has 0 rings (SSSR count). The molecule has 0 atom stereocenters.